The van der Waals surface area contributed by atoms with Crippen LogP contribution in [0.25, 0.3) is 0 Å². The average molecular weight is 218 g/mol. The lowest BCUT2D eigenvalue weighted by Gasteiger charge is -1.99. The summed E-state index contributed by atoms with van der Waals surface area (Å²) in [6.07, 6.45) is 5.04. The Morgan fingerprint density at radius 1 is 1.19 bits per heavy atom. The van der Waals surface area contributed by atoms with Gasteiger partial charge in [0.15, 0.2) is 0 Å². The topological polar surface area (TPSA) is 63.8 Å². The second-order valence-corrected chi connectivity index (χ2v) is 3.52. The van der Waals surface area contributed by atoms with Crippen LogP contribution in [-0.2, 0) is 19.4 Å². The van der Waals surface area contributed by atoms with Gasteiger partial charge in [0, 0.05) is 44.1 Å². The van der Waals surface area contributed by atoms with Crippen molar-refractivity contribution < 1.29 is 5.11 Å². The van der Waals surface area contributed by atoms with E-state index in [1.807, 2.05) is 24.4 Å². The minimum atomic E-state index is 0.110. The molecule has 5 heteroatoms. The lowest BCUT2D eigenvalue weighted by molar-refractivity contribution is 0.298. The van der Waals surface area contributed by atoms with Crippen molar-refractivity contribution >= 4 is 0 Å². The molecule has 0 spiro atoms. The van der Waals surface area contributed by atoms with Crippen LogP contribution in [0.1, 0.15) is 11.4 Å². The van der Waals surface area contributed by atoms with E-state index in [0.717, 1.165) is 24.4 Å². The number of aliphatic hydroxyl groups is 1. The van der Waals surface area contributed by atoms with Crippen molar-refractivity contribution in [3.63, 3.8) is 0 Å². The lowest BCUT2D eigenvalue weighted by Crippen LogP contribution is -2.03. The van der Waals surface area contributed by atoms with Crippen LogP contribution < -0.4 is 0 Å². The first-order chi connectivity index (χ1) is 7.88. The summed E-state index contributed by atoms with van der Waals surface area (Å²) in [5.41, 5.74) is 1.87. The van der Waals surface area contributed by atoms with Crippen molar-refractivity contribution in [1.82, 2.24) is 20.0 Å². The van der Waals surface area contributed by atoms with Crippen molar-refractivity contribution in [2.45, 2.75) is 19.4 Å². The van der Waals surface area contributed by atoms with Crippen LogP contribution in [0.5, 0.6) is 0 Å². The van der Waals surface area contributed by atoms with E-state index in [2.05, 4.69) is 15.3 Å². The standard InChI is InChI=1S/C11H14N4O/c16-8-5-11-9-15(14-13-11)7-4-10-3-1-2-6-12-10/h1-3,6,9,16H,4-5,7-8H2. The lowest BCUT2D eigenvalue weighted by atomic mass is 10.3. The Kier molecular flexibility index (Phi) is 3.61. The molecule has 2 aromatic heterocycles. The number of aliphatic hydroxyl groups excluding tert-OH is 1. The van der Waals surface area contributed by atoms with Gasteiger partial charge < -0.3 is 5.11 Å². The first kappa shape index (κ1) is 10.8. The third-order valence-corrected chi connectivity index (χ3v) is 2.28. The van der Waals surface area contributed by atoms with Crippen LogP contribution in [0.2, 0.25) is 0 Å². The number of aryl methyl sites for hydroxylation is 2. The van der Waals surface area contributed by atoms with Crippen molar-refractivity contribution in [3.8, 4) is 0 Å². The highest BCUT2D eigenvalue weighted by Crippen LogP contribution is 1.99. The van der Waals surface area contributed by atoms with E-state index in [1.54, 1.807) is 10.9 Å². The van der Waals surface area contributed by atoms with Crippen molar-refractivity contribution in [2.24, 2.45) is 0 Å². The molecular formula is C11H14N4O. The van der Waals surface area contributed by atoms with Crippen LogP contribution >= 0.6 is 0 Å². The van der Waals surface area contributed by atoms with Crippen LogP contribution in [0, 0.1) is 0 Å². The fraction of sp³-hybridized carbons (Fsp3) is 0.364. The molecule has 0 aliphatic rings. The van der Waals surface area contributed by atoms with E-state index in [0.29, 0.717) is 6.42 Å². The number of pyridine rings is 1. The molecule has 0 aromatic carbocycles. The van der Waals surface area contributed by atoms with Gasteiger partial charge in [-0.2, -0.15) is 0 Å². The van der Waals surface area contributed by atoms with E-state index in [9.17, 15) is 0 Å². The average Bonchev–Trinajstić information content (AvgIpc) is 2.76. The Morgan fingerprint density at radius 3 is 2.88 bits per heavy atom. The number of rotatable bonds is 5. The Morgan fingerprint density at radius 2 is 2.12 bits per heavy atom. The van der Waals surface area contributed by atoms with Gasteiger partial charge in [-0.25, -0.2) is 0 Å². The number of hydrogen-bond donors (Lipinski definition) is 1. The van der Waals surface area contributed by atoms with E-state index < -0.39 is 0 Å². The summed E-state index contributed by atoms with van der Waals surface area (Å²) in [6, 6.07) is 5.87. The van der Waals surface area contributed by atoms with E-state index in [4.69, 9.17) is 5.11 Å². The zero-order chi connectivity index (χ0) is 11.2. The second kappa shape index (κ2) is 5.37. The Hall–Kier alpha value is -1.75. The Balaban J connectivity index is 1.89. The second-order valence-electron chi connectivity index (χ2n) is 3.52. The smallest absolute Gasteiger partial charge is 0.0849 e. The van der Waals surface area contributed by atoms with Crippen molar-refractivity contribution in [1.29, 1.82) is 0 Å². The minimum Gasteiger partial charge on any atom is -0.396 e. The molecule has 16 heavy (non-hydrogen) atoms. The summed E-state index contributed by atoms with van der Waals surface area (Å²) >= 11 is 0. The molecule has 0 bridgehead atoms. The normalized spacial score (nSPS) is 10.6. The van der Waals surface area contributed by atoms with Crippen LogP contribution in [0.4, 0.5) is 0 Å². The van der Waals surface area contributed by atoms with Gasteiger partial charge >= 0.3 is 0 Å². The summed E-state index contributed by atoms with van der Waals surface area (Å²) in [6.45, 7) is 0.869. The van der Waals surface area contributed by atoms with Gasteiger partial charge in [0.2, 0.25) is 0 Å². The SMILES string of the molecule is OCCc1cn(CCc2ccccn2)nn1. The van der Waals surface area contributed by atoms with Crippen molar-refractivity contribution in [3.05, 3.63) is 42.0 Å². The zero-order valence-corrected chi connectivity index (χ0v) is 8.95. The summed E-state index contributed by atoms with van der Waals surface area (Å²) in [5, 5.41) is 16.7. The Bertz CT molecular complexity index is 427. The molecule has 0 amide bonds. The molecule has 0 saturated heterocycles. The molecule has 84 valence electrons. The number of hydrogen-bond acceptors (Lipinski definition) is 4. The molecule has 0 fully saturated rings. The van der Waals surface area contributed by atoms with Gasteiger partial charge in [0.25, 0.3) is 0 Å². The van der Waals surface area contributed by atoms with E-state index in [1.165, 1.54) is 0 Å². The van der Waals surface area contributed by atoms with Gasteiger partial charge in [-0.3, -0.25) is 9.67 Å². The molecule has 1 N–H and O–H groups in total. The van der Waals surface area contributed by atoms with Gasteiger partial charge in [-0.15, -0.1) is 5.10 Å². The molecular weight excluding hydrogens is 204 g/mol. The summed E-state index contributed by atoms with van der Waals surface area (Å²) in [4.78, 5) is 4.24. The molecule has 0 radical (unpaired) electrons. The summed E-state index contributed by atoms with van der Waals surface area (Å²) < 4.78 is 1.78. The summed E-state index contributed by atoms with van der Waals surface area (Å²) in [5.74, 6) is 0. The van der Waals surface area contributed by atoms with E-state index >= 15 is 0 Å². The predicted molar refractivity (Wildman–Crippen MR) is 58.8 cm³/mol. The molecule has 2 heterocycles. The van der Waals surface area contributed by atoms with Gasteiger partial charge in [-0.05, 0) is 12.1 Å². The monoisotopic (exact) mass is 218 g/mol. The van der Waals surface area contributed by atoms with Crippen molar-refractivity contribution in [2.75, 3.05) is 6.61 Å². The molecule has 0 unspecified atom stereocenters. The van der Waals surface area contributed by atoms with Gasteiger partial charge in [0.05, 0.1) is 5.69 Å². The maximum absolute atomic E-state index is 8.75. The van der Waals surface area contributed by atoms with Gasteiger partial charge in [-0.1, -0.05) is 11.3 Å². The summed E-state index contributed by atoms with van der Waals surface area (Å²) in [7, 11) is 0. The highest BCUT2D eigenvalue weighted by atomic mass is 16.3. The molecule has 2 rings (SSSR count). The third kappa shape index (κ3) is 2.87. The fourth-order valence-corrected chi connectivity index (χ4v) is 1.45. The molecule has 0 saturated carbocycles. The van der Waals surface area contributed by atoms with Crippen LogP contribution in [0.3, 0.4) is 0 Å². The molecule has 0 atom stereocenters. The Labute approximate surface area is 93.8 Å². The first-order valence-electron chi connectivity index (χ1n) is 5.28. The number of nitrogens with zero attached hydrogens (tertiary/aromatic N) is 4. The van der Waals surface area contributed by atoms with Crippen LogP contribution in [0.15, 0.2) is 30.6 Å². The highest BCUT2D eigenvalue weighted by molar-refractivity contribution is 5.03. The molecule has 2 aromatic rings. The maximum atomic E-state index is 8.75. The minimum absolute atomic E-state index is 0.110. The zero-order valence-electron chi connectivity index (χ0n) is 8.95. The highest BCUT2D eigenvalue weighted by Gasteiger charge is 2.00. The van der Waals surface area contributed by atoms with Crippen LogP contribution in [-0.4, -0.2) is 31.7 Å². The first-order valence-corrected chi connectivity index (χ1v) is 5.28. The molecule has 0 aliphatic carbocycles. The number of aromatic nitrogens is 4. The quantitative estimate of drug-likeness (QED) is 0.791. The molecule has 5 nitrogen and oxygen atoms in total. The van der Waals surface area contributed by atoms with Gasteiger partial charge in [0.1, 0.15) is 0 Å². The third-order valence-electron chi connectivity index (χ3n) is 2.28. The largest absolute Gasteiger partial charge is 0.396 e. The van der Waals surface area contributed by atoms with E-state index in [-0.39, 0.29) is 6.61 Å². The maximum Gasteiger partial charge on any atom is 0.0849 e. The molecule has 0 aliphatic heterocycles. The fourth-order valence-electron chi connectivity index (χ4n) is 1.45. The predicted octanol–water partition coefficient (Wildman–Crippen LogP) is 0.451.